The highest BCUT2D eigenvalue weighted by Crippen LogP contribution is 2.00. The molecule has 0 saturated heterocycles. The van der Waals surface area contributed by atoms with Crippen LogP contribution in [0.4, 0.5) is 0 Å². The van der Waals surface area contributed by atoms with Crippen molar-refractivity contribution in [2.24, 2.45) is 5.10 Å². The Kier molecular flexibility index (Phi) is 4.87. The van der Waals surface area contributed by atoms with Crippen molar-refractivity contribution in [2.45, 2.75) is 13.5 Å². The highest BCUT2D eigenvalue weighted by atomic mass is 16.3. The fourth-order valence-corrected chi connectivity index (χ4v) is 1.63. The number of hydrogen-bond donors (Lipinski definition) is 2. The van der Waals surface area contributed by atoms with Gasteiger partial charge in [-0.2, -0.15) is 5.10 Å². The zero-order valence-electron chi connectivity index (χ0n) is 11.5. The first-order valence-electron chi connectivity index (χ1n) is 6.35. The molecule has 108 valence electrons. The maximum Gasteiger partial charge on any atom is 0.329 e. The van der Waals surface area contributed by atoms with Gasteiger partial charge in [0.1, 0.15) is 5.76 Å². The second kappa shape index (κ2) is 7.04. The molecule has 1 heterocycles. The van der Waals surface area contributed by atoms with Gasteiger partial charge in [0.05, 0.1) is 19.0 Å². The first kappa shape index (κ1) is 14.5. The van der Waals surface area contributed by atoms with E-state index in [1.54, 1.807) is 12.1 Å². The Balaban J connectivity index is 1.79. The Hall–Kier alpha value is -2.89. The molecule has 0 aliphatic carbocycles. The Morgan fingerprint density at radius 1 is 1.24 bits per heavy atom. The number of benzene rings is 1. The number of aryl methyl sites for hydroxylation is 1. The van der Waals surface area contributed by atoms with E-state index >= 15 is 0 Å². The summed E-state index contributed by atoms with van der Waals surface area (Å²) < 4.78 is 5.04. The van der Waals surface area contributed by atoms with Gasteiger partial charge in [0.2, 0.25) is 0 Å². The van der Waals surface area contributed by atoms with E-state index in [2.05, 4.69) is 15.8 Å². The maximum absolute atomic E-state index is 11.5. The first-order chi connectivity index (χ1) is 10.1. The van der Waals surface area contributed by atoms with Crippen molar-refractivity contribution in [3.8, 4) is 0 Å². The lowest BCUT2D eigenvalue weighted by molar-refractivity contribution is -0.139. The van der Waals surface area contributed by atoms with Crippen molar-refractivity contribution in [3.05, 3.63) is 59.5 Å². The van der Waals surface area contributed by atoms with Crippen LogP contribution in [0.5, 0.6) is 0 Å². The van der Waals surface area contributed by atoms with Gasteiger partial charge in [0.15, 0.2) is 0 Å². The van der Waals surface area contributed by atoms with Crippen LogP contribution in [0.2, 0.25) is 0 Å². The van der Waals surface area contributed by atoms with Gasteiger partial charge in [-0.1, -0.05) is 29.8 Å². The number of hydrazone groups is 1. The molecule has 1 aromatic carbocycles. The van der Waals surface area contributed by atoms with Crippen molar-refractivity contribution in [1.29, 1.82) is 0 Å². The standard InChI is InChI=1S/C15H15N3O3/c1-11-4-2-5-12(8-11)9-17-18-15(20)14(19)16-10-13-6-3-7-21-13/h2-9H,10H2,1H3,(H,16,19)(H,18,20)/b17-9-. The van der Waals surface area contributed by atoms with Crippen molar-refractivity contribution in [1.82, 2.24) is 10.7 Å². The minimum absolute atomic E-state index is 0.154. The van der Waals surface area contributed by atoms with E-state index in [9.17, 15) is 9.59 Å². The van der Waals surface area contributed by atoms with Crippen LogP contribution in [-0.4, -0.2) is 18.0 Å². The Morgan fingerprint density at radius 3 is 2.81 bits per heavy atom. The number of carbonyl (C=O) groups is 2. The lowest BCUT2D eigenvalue weighted by Crippen LogP contribution is -2.37. The molecule has 21 heavy (non-hydrogen) atoms. The Bertz CT molecular complexity index is 648. The SMILES string of the molecule is Cc1cccc(/C=N\NC(=O)C(=O)NCc2ccco2)c1. The van der Waals surface area contributed by atoms with Gasteiger partial charge in [-0.25, -0.2) is 5.43 Å². The molecule has 6 heteroatoms. The average Bonchev–Trinajstić information content (AvgIpc) is 2.98. The van der Waals surface area contributed by atoms with E-state index in [4.69, 9.17) is 4.42 Å². The number of carbonyl (C=O) groups excluding carboxylic acids is 2. The fraction of sp³-hybridized carbons (Fsp3) is 0.133. The minimum Gasteiger partial charge on any atom is -0.467 e. The number of amides is 2. The molecule has 0 aliphatic rings. The molecule has 6 nitrogen and oxygen atoms in total. The molecule has 2 aromatic rings. The van der Waals surface area contributed by atoms with Gasteiger partial charge in [-0.3, -0.25) is 9.59 Å². The second-order valence-electron chi connectivity index (χ2n) is 4.38. The molecule has 2 N–H and O–H groups in total. The smallest absolute Gasteiger partial charge is 0.329 e. The number of hydrogen-bond acceptors (Lipinski definition) is 4. The van der Waals surface area contributed by atoms with Crippen LogP contribution in [0.25, 0.3) is 0 Å². The van der Waals surface area contributed by atoms with Crippen LogP contribution >= 0.6 is 0 Å². The summed E-state index contributed by atoms with van der Waals surface area (Å²) in [5.41, 5.74) is 4.09. The van der Waals surface area contributed by atoms with Gasteiger partial charge < -0.3 is 9.73 Å². The summed E-state index contributed by atoms with van der Waals surface area (Å²) in [4.78, 5) is 23.0. The van der Waals surface area contributed by atoms with Gasteiger partial charge in [-0.15, -0.1) is 0 Å². The lowest BCUT2D eigenvalue weighted by atomic mass is 10.2. The first-order valence-corrected chi connectivity index (χ1v) is 6.35. The van der Waals surface area contributed by atoms with Crippen LogP contribution in [0, 0.1) is 6.92 Å². The molecule has 0 bridgehead atoms. The van der Waals surface area contributed by atoms with Gasteiger partial charge in [-0.05, 0) is 24.6 Å². The Labute approximate surface area is 121 Å². The summed E-state index contributed by atoms with van der Waals surface area (Å²) >= 11 is 0. The van der Waals surface area contributed by atoms with Crippen LogP contribution in [0.15, 0.2) is 52.2 Å². The molecule has 0 aliphatic heterocycles. The van der Waals surface area contributed by atoms with E-state index < -0.39 is 11.8 Å². The number of furan rings is 1. The molecule has 0 unspecified atom stereocenters. The molecule has 0 radical (unpaired) electrons. The van der Waals surface area contributed by atoms with Crippen molar-refractivity contribution >= 4 is 18.0 Å². The second-order valence-corrected chi connectivity index (χ2v) is 4.38. The monoisotopic (exact) mass is 285 g/mol. The summed E-state index contributed by atoms with van der Waals surface area (Å²) in [6.07, 6.45) is 2.97. The topological polar surface area (TPSA) is 83.7 Å². The molecule has 1 aromatic heterocycles. The normalized spacial score (nSPS) is 10.5. The summed E-state index contributed by atoms with van der Waals surface area (Å²) in [6.45, 7) is 2.11. The Morgan fingerprint density at radius 2 is 2.10 bits per heavy atom. The van der Waals surface area contributed by atoms with Gasteiger partial charge >= 0.3 is 11.8 Å². The molecule has 2 amide bonds. The highest BCUT2D eigenvalue weighted by Gasteiger charge is 2.12. The lowest BCUT2D eigenvalue weighted by Gasteiger charge is -2.01. The van der Waals surface area contributed by atoms with Crippen LogP contribution in [0.1, 0.15) is 16.9 Å². The van der Waals surface area contributed by atoms with E-state index in [0.29, 0.717) is 5.76 Å². The van der Waals surface area contributed by atoms with Gasteiger partial charge in [0, 0.05) is 0 Å². The van der Waals surface area contributed by atoms with Crippen LogP contribution in [0.3, 0.4) is 0 Å². The maximum atomic E-state index is 11.5. The predicted octanol–water partition coefficient (Wildman–Crippen LogP) is 1.35. The summed E-state index contributed by atoms with van der Waals surface area (Å²) in [7, 11) is 0. The largest absolute Gasteiger partial charge is 0.467 e. The number of nitrogens with one attached hydrogen (secondary N) is 2. The molecule has 2 rings (SSSR count). The van der Waals surface area contributed by atoms with Crippen molar-refractivity contribution in [3.63, 3.8) is 0 Å². The van der Waals surface area contributed by atoms with E-state index in [0.717, 1.165) is 11.1 Å². The molecule has 0 saturated carbocycles. The summed E-state index contributed by atoms with van der Waals surface area (Å²) in [6, 6.07) is 11.0. The third kappa shape index (κ3) is 4.61. The number of rotatable bonds is 4. The zero-order valence-corrected chi connectivity index (χ0v) is 11.5. The van der Waals surface area contributed by atoms with E-state index in [1.165, 1.54) is 12.5 Å². The predicted molar refractivity (Wildman–Crippen MR) is 77.5 cm³/mol. The molecule has 0 fully saturated rings. The molecule has 0 spiro atoms. The fourth-order valence-electron chi connectivity index (χ4n) is 1.63. The summed E-state index contributed by atoms with van der Waals surface area (Å²) in [5, 5.41) is 6.16. The van der Waals surface area contributed by atoms with Crippen LogP contribution in [-0.2, 0) is 16.1 Å². The third-order valence-electron chi connectivity index (χ3n) is 2.63. The average molecular weight is 285 g/mol. The zero-order chi connectivity index (χ0) is 15.1. The van der Waals surface area contributed by atoms with Crippen LogP contribution < -0.4 is 10.7 Å². The van der Waals surface area contributed by atoms with E-state index in [1.807, 2.05) is 31.2 Å². The molecular weight excluding hydrogens is 270 g/mol. The third-order valence-corrected chi connectivity index (χ3v) is 2.63. The minimum atomic E-state index is -0.828. The quantitative estimate of drug-likeness (QED) is 0.505. The summed E-state index contributed by atoms with van der Waals surface area (Å²) in [5.74, 6) is -1.03. The number of nitrogens with zero attached hydrogens (tertiary/aromatic N) is 1. The van der Waals surface area contributed by atoms with Crippen molar-refractivity contribution < 1.29 is 14.0 Å². The molecule has 0 atom stereocenters. The van der Waals surface area contributed by atoms with Crippen molar-refractivity contribution in [2.75, 3.05) is 0 Å². The van der Waals surface area contributed by atoms with E-state index in [-0.39, 0.29) is 6.54 Å². The highest BCUT2D eigenvalue weighted by molar-refractivity contribution is 6.35. The molecular formula is C15H15N3O3. The van der Waals surface area contributed by atoms with Gasteiger partial charge in [0.25, 0.3) is 0 Å².